The molecular weight excluding hydrogens is 271 g/mol. The van der Waals surface area contributed by atoms with Gasteiger partial charge in [-0.25, -0.2) is 4.79 Å². The fraction of sp³-hybridized carbons (Fsp3) is 0.0714. The molecule has 0 saturated heterocycles. The lowest BCUT2D eigenvalue weighted by Crippen LogP contribution is -2.05. The van der Waals surface area contributed by atoms with E-state index in [9.17, 15) is 4.79 Å². The maximum absolute atomic E-state index is 10.5. The number of hydrogen-bond donors (Lipinski definition) is 0. The SMILES string of the molecule is O=[C]OC(c1cccc(Cl)c1)c1cccc(Cl)c1. The van der Waals surface area contributed by atoms with Gasteiger partial charge in [0.05, 0.1) is 0 Å². The van der Waals surface area contributed by atoms with Gasteiger partial charge < -0.3 is 4.74 Å². The van der Waals surface area contributed by atoms with Crippen molar-refractivity contribution in [3.8, 4) is 0 Å². The number of rotatable bonds is 4. The van der Waals surface area contributed by atoms with Crippen molar-refractivity contribution in [2.75, 3.05) is 0 Å². The second-order valence-electron chi connectivity index (χ2n) is 3.69. The first kappa shape index (κ1) is 12.9. The Bertz CT molecular complexity index is 509. The zero-order chi connectivity index (χ0) is 13.0. The molecule has 0 bridgehead atoms. The smallest absolute Gasteiger partial charge is 0.418 e. The van der Waals surface area contributed by atoms with Crippen molar-refractivity contribution in [1.82, 2.24) is 0 Å². The van der Waals surface area contributed by atoms with Gasteiger partial charge in [0, 0.05) is 10.0 Å². The van der Waals surface area contributed by atoms with Crippen molar-refractivity contribution in [2.24, 2.45) is 0 Å². The second kappa shape index (κ2) is 5.89. The molecule has 1 radical (unpaired) electrons. The highest BCUT2D eigenvalue weighted by atomic mass is 35.5. The van der Waals surface area contributed by atoms with Crippen LogP contribution in [0.25, 0.3) is 0 Å². The van der Waals surface area contributed by atoms with Gasteiger partial charge >= 0.3 is 6.47 Å². The fourth-order valence-electron chi connectivity index (χ4n) is 1.72. The average molecular weight is 280 g/mol. The summed E-state index contributed by atoms with van der Waals surface area (Å²) in [5, 5.41) is 1.16. The number of benzene rings is 2. The van der Waals surface area contributed by atoms with Crippen LogP contribution < -0.4 is 0 Å². The van der Waals surface area contributed by atoms with E-state index in [4.69, 9.17) is 27.9 Å². The fourth-order valence-corrected chi connectivity index (χ4v) is 2.11. The monoisotopic (exact) mass is 279 g/mol. The summed E-state index contributed by atoms with van der Waals surface area (Å²) < 4.78 is 5.00. The third-order valence-corrected chi connectivity index (χ3v) is 2.94. The van der Waals surface area contributed by atoms with Crippen molar-refractivity contribution in [1.29, 1.82) is 0 Å². The highest BCUT2D eigenvalue weighted by Gasteiger charge is 2.16. The zero-order valence-electron chi connectivity index (χ0n) is 9.27. The van der Waals surface area contributed by atoms with Crippen LogP contribution in [0.5, 0.6) is 0 Å². The first-order valence-corrected chi connectivity index (χ1v) is 6.00. The molecule has 0 aromatic heterocycles. The molecule has 0 unspecified atom stereocenters. The van der Waals surface area contributed by atoms with E-state index in [1.807, 2.05) is 12.1 Å². The third kappa shape index (κ3) is 3.03. The third-order valence-electron chi connectivity index (χ3n) is 2.47. The number of ether oxygens (including phenoxy) is 1. The Labute approximate surface area is 115 Å². The molecule has 0 fully saturated rings. The van der Waals surface area contributed by atoms with Gasteiger partial charge in [0.2, 0.25) is 0 Å². The highest BCUT2D eigenvalue weighted by molar-refractivity contribution is 6.31. The van der Waals surface area contributed by atoms with E-state index in [0.29, 0.717) is 10.0 Å². The van der Waals surface area contributed by atoms with E-state index < -0.39 is 6.10 Å². The number of carbonyl (C=O) groups excluding carboxylic acids is 1. The summed E-state index contributed by atoms with van der Waals surface area (Å²) >= 11 is 11.9. The molecule has 0 spiro atoms. The molecule has 0 N–H and O–H groups in total. The van der Waals surface area contributed by atoms with Crippen LogP contribution in [0.3, 0.4) is 0 Å². The molecule has 2 aromatic carbocycles. The molecule has 0 atom stereocenters. The first-order valence-electron chi connectivity index (χ1n) is 5.24. The Hall–Kier alpha value is -1.51. The Morgan fingerprint density at radius 1 is 0.944 bits per heavy atom. The van der Waals surface area contributed by atoms with Gasteiger partial charge in [0.25, 0.3) is 0 Å². The van der Waals surface area contributed by atoms with Gasteiger partial charge in [0.15, 0.2) is 6.10 Å². The predicted octanol–water partition coefficient (Wildman–Crippen LogP) is 4.17. The molecule has 2 rings (SSSR count). The van der Waals surface area contributed by atoms with Crippen LogP contribution in [0.4, 0.5) is 0 Å². The van der Waals surface area contributed by atoms with Crippen molar-refractivity contribution >= 4 is 29.7 Å². The minimum atomic E-state index is -0.556. The van der Waals surface area contributed by atoms with Crippen LogP contribution in [-0.4, -0.2) is 6.47 Å². The Morgan fingerprint density at radius 3 is 1.83 bits per heavy atom. The maximum atomic E-state index is 10.5. The van der Waals surface area contributed by atoms with E-state index in [-0.39, 0.29) is 0 Å². The first-order chi connectivity index (χ1) is 8.70. The second-order valence-corrected chi connectivity index (χ2v) is 4.56. The summed E-state index contributed by atoms with van der Waals surface area (Å²) in [6, 6.07) is 14.2. The van der Waals surface area contributed by atoms with Crippen LogP contribution in [-0.2, 0) is 9.53 Å². The summed E-state index contributed by atoms with van der Waals surface area (Å²) in [4.78, 5) is 10.5. The predicted molar refractivity (Wildman–Crippen MR) is 71.5 cm³/mol. The quantitative estimate of drug-likeness (QED) is 0.840. The normalized spacial score (nSPS) is 10.4. The van der Waals surface area contributed by atoms with Crippen LogP contribution in [0, 0.1) is 0 Å². The lowest BCUT2D eigenvalue weighted by Gasteiger charge is -2.15. The van der Waals surface area contributed by atoms with E-state index in [2.05, 4.69) is 0 Å². The van der Waals surface area contributed by atoms with Crippen LogP contribution >= 0.6 is 23.2 Å². The van der Waals surface area contributed by atoms with Gasteiger partial charge in [-0.05, 0) is 35.4 Å². The van der Waals surface area contributed by atoms with Gasteiger partial charge in [-0.3, -0.25) is 0 Å². The van der Waals surface area contributed by atoms with Crippen molar-refractivity contribution < 1.29 is 9.53 Å². The zero-order valence-corrected chi connectivity index (χ0v) is 10.8. The molecular formula is C14H9Cl2O2. The lowest BCUT2D eigenvalue weighted by molar-refractivity contribution is 0.216. The highest BCUT2D eigenvalue weighted by Crippen LogP contribution is 2.28. The standard InChI is InChI=1S/C14H9Cl2O2/c15-12-5-1-3-10(7-12)14(18-9-17)11-4-2-6-13(16)8-11/h1-8,14H. The summed E-state index contributed by atoms with van der Waals surface area (Å²) in [5.74, 6) is 0. The van der Waals surface area contributed by atoms with Crippen LogP contribution in [0.1, 0.15) is 17.2 Å². The van der Waals surface area contributed by atoms with E-state index >= 15 is 0 Å². The minimum Gasteiger partial charge on any atom is -0.444 e. The molecule has 0 aliphatic carbocycles. The van der Waals surface area contributed by atoms with Gasteiger partial charge in [-0.15, -0.1) is 0 Å². The van der Waals surface area contributed by atoms with E-state index in [1.54, 1.807) is 36.4 Å². The molecule has 0 aliphatic heterocycles. The summed E-state index contributed by atoms with van der Waals surface area (Å²) in [5.41, 5.74) is 1.54. The molecule has 0 aliphatic rings. The van der Waals surface area contributed by atoms with E-state index in [0.717, 1.165) is 11.1 Å². The largest absolute Gasteiger partial charge is 0.444 e. The summed E-state index contributed by atoms with van der Waals surface area (Å²) in [6.07, 6.45) is -0.556. The molecule has 2 aromatic rings. The molecule has 2 nitrogen and oxygen atoms in total. The average Bonchev–Trinajstić information content (AvgIpc) is 2.36. The van der Waals surface area contributed by atoms with Crippen LogP contribution in [0.15, 0.2) is 48.5 Å². The molecule has 91 valence electrons. The van der Waals surface area contributed by atoms with Crippen molar-refractivity contribution in [3.05, 3.63) is 69.7 Å². The van der Waals surface area contributed by atoms with Crippen LogP contribution in [0.2, 0.25) is 10.0 Å². The molecule has 4 heteroatoms. The summed E-state index contributed by atoms with van der Waals surface area (Å²) in [6.45, 7) is 1.47. The molecule has 0 amide bonds. The molecule has 0 heterocycles. The van der Waals surface area contributed by atoms with Gasteiger partial charge in [0.1, 0.15) is 0 Å². The number of hydrogen-bond acceptors (Lipinski definition) is 2. The Kier molecular flexibility index (Phi) is 4.24. The van der Waals surface area contributed by atoms with Gasteiger partial charge in [-0.1, -0.05) is 47.5 Å². The topological polar surface area (TPSA) is 26.3 Å². The number of halogens is 2. The Balaban J connectivity index is 2.42. The minimum absolute atomic E-state index is 0.556. The maximum Gasteiger partial charge on any atom is 0.418 e. The van der Waals surface area contributed by atoms with Crippen molar-refractivity contribution in [3.63, 3.8) is 0 Å². The Morgan fingerprint density at radius 2 is 1.44 bits per heavy atom. The lowest BCUT2D eigenvalue weighted by atomic mass is 10.0. The van der Waals surface area contributed by atoms with Gasteiger partial charge in [-0.2, -0.15) is 0 Å². The van der Waals surface area contributed by atoms with Crippen molar-refractivity contribution in [2.45, 2.75) is 6.10 Å². The molecule has 18 heavy (non-hydrogen) atoms. The van der Waals surface area contributed by atoms with E-state index in [1.165, 1.54) is 6.47 Å². The molecule has 0 saturated carbocycles. The summed E-state index contributed by atoms with van der Waals surface area (Å²) in [7, 11) is 0.